The molecule has 0 spiro atoms. The summed E-state index contributed by atoms with van der Waals surface area (Å²) in [6, 6.07) is 9.48. The second-order valence-corrected chi connectivity index (χ2v) is 3.71. The van der Waals surface area contributed by atoms with Crippen molar-refractivity contribution in [1.82, 2.24) is 0 Å². The molecule has 76 valence electrons. The molecule has 2 nitrogen and oxygen atoms in total. The lowest BCUT2D eigenvalue weighted by molar-refractivity contribution is -0.135. The van der Waals surface area contributed by atoms with Gasteiger partial charge < -0.3 is 5.11 Å². The van der Waals surface area contributed by atoms with Crippen molar-refractivity contribution in [2.45, 2.75) is 32.3 Å². The molecule has 1 aromatic carbocycles. The predicted molar refractivity (Wildman–Crippen MR) is 56.1 cm³/mol. The van der Waals surface area contributed by atoms with Crippen LogP contribution in [0.15, 0.2) is 30.3 Å². The van der Waals surface area contributed by atoms with Gasteiger partial charge in [-0.15, -0.1) is 0 Å². The first-order valence-electron chi connectivity index (χ1n) is 4.86. The van der Waals surface area contributed by atoms with E-state index in [1.54, 1.807) is 6.92 Å². The van der Waals surface area contributed by atoms with Crippen molar-refractivity contribution < 1.29 is 9.90 Å². The zero-order chi connectivity index (χ0) is 10.6. The van der Waals surface area contributed by atoms with Crippen LogP contribution < -0.4 is 0 Å². The minimum Gasteiger partial charge on any atom is -0.382 e. The largest absolute Gasteiger partial charge is 0.382 e. The molecule has 0 heterocycles. The molecule has 2 heteroatoms. The highest BCUT2D eigenvalue weighted by Gasteiger charge is 2.27. The number of hydrogen-bond donors (Lipinski definition) is 1. The van der Waals surface area contributed by atoms with Gasteiger partial charge in [0.1, 0.15) is 5.60 Å². The van der Waals surface area contributed by atoms with Gasteiger partial charge in [-0.1, -0.05) is 37.3 Å². The maximum absolute atomic E-state index is 11.6. The second kappa shape index (κ2) is 4.38. The first kappa shape index (κ1) is 10.9. The third-order valence-electron chi connectivity index (χ3n) is 2.50. The molecule has 1 aromatic rings. The number of Topliss-reactive ketones (excluding diaryl/α,β-unsaturated/α-hetero) is 1. The van der Waals surface area contributed by atoms with Crippen LogP contribution in [0.2, 0.25) is 0 Å². The summed E-state index contributed by atoms with van der Waals surface area (Å²) in [6.45, 7) is 3.38. The summed E-state index contributed by atoms with van der Waals surface area (Å²) < 4.78 is 0. The number of carbonyl (C=O) groups is 1. The summed E-state index contributed by atoms with van der Waals surface area (Å²) in [5, 5.41) is 9.70. The van der Waals surface area contributed by atoms with Crippen LogP contribution in [0.1, 0.15) is 25.8 Å². The molecular weight excluding hydrogens is 176 g/mol. The van der Waals surface area contributed by atoms with Crippen molar-refractivity contribution in [3.8, 4) is 0 Å². The molecule has 0 radical (unpaired) electrons. The van der Waals surface area contributed by atoms with Crippen LogP contribution in [-0.4, -0.2) is 16.5 Å². The molecule has 0 fully saturated rings. The summed E-state index contributed by atoms with van der Waals surface area (Å²) in [6.07, 6.45) is 0.764. The third kappa shape index (κ3) is 2.67. The third-order valence-corrected chi connectivity index (χ3v) is 2.50. The SMILES string of the molecule is CCC(C)(O)C(=O)Cc1ccccc1. The van der Waals surface area contributed by atoms with Crippen molar-refractivity contribution in [1.29, 1.82) is 0 Å². The number of hydrogen-bond acceptors (Lipinski definition) is 2. The van der Waals surface area contributed by atoms with Crippen LogP contribution in [0.5, 0.6) is 0 Å². The molecule has 0 saturated carbocycles. The molecule has 1 atom stereocenters. The van der Waals surface area contributed by atoms with Crippen LogP contribution >= 0.6 is 0 Å². The highest BCUT2D eigenvalue weighted by Crippen LogP contribution is 2.13. The molecule has 0 aliphatic heterocycles. The van der Waals surface area contributed by atoms with E-state index in [9.17, 15) is 9.90 Å². The maximum Gasteiger partial charge on any atom is 0.168 e. The van der Waals surface area contributed by atoms with Crippen LogP contribution in [0, 0.1) is 0 Å². The van der Waals surface area contributed by atoms with E-state index in [2.05, 4.69) is 0 Å². The van der Waals surface area contributed by atoms with Gasteiger partial charge in [0, 0.05) is 6.42 Å². The summed E-state index contributed by atoms with van der Waals surface area (Å²) in [5.74, 6) is -0.119. The van der Waals surface area contributed by atoms with Crippen molar-refractivity contribution in [3.63, 3.8) is 0 Å². The fourth-order valence-electron chi connectivity index (χ4n) is 1.17. The van der Waals surface area contributed by atoms with E-state index < -0.39 is 5.60 Å². The molecule has 14 heavy (non-hydrogen) atoms. The van der Waals surface area contributed by atoms with Crippen molar-refractivity contribution in [2.24, 2.45) is 0 Å². The lowest BCUT2D eigenvalue weighted by atomic mass is 9.93. The van der Waals surface area contributed by atoms with E-state index in [0.29, 0.717) is 12.8 Å². The maximum atomic E-state index is 11.6. The average Bonchev–Trinajstić information content (AvgIpc) is 2.19. The highest BCUT2D eigenvalue weighted by molar-refractivity contribution is 5.88. The minimum atomic E-state index is -1.18. The van der Waals surface area contributed by atoms with Gasteiger partial charge in [-0.25, -0.2) is 0 Å². The van der Waals surface area contributed by atoms with E-state index in [0.717, 1.165) is 5.56 Å². The molecule has 0 aliphatic carbocycles. The molecule has 1 N–H and O–H groups in total. The number of rotatable bonds is 4. The Bertz CT molecular complexity index is 301. The van der Waals surface area contributed by atoms with Gasteiger partial charge in [0.25, 0.3) is 0 Å². The molecule has 0 bridgehead atoms. The molecular formula is C12H16O2. The number of aliphatic hydroxyl groups is 1. The predicted octanol–water partition coefficient (Wildman–Crippen LogP) is 1.96. The molecule has 1 unspecified atom stereocenters. The lowest BCUT2D eigenvalue weighted by Gasteiger charge is -2.19. The normalized spacial score (nSPS) is 14.8. The standard InChI is InChI=1S/C12H16O2/c1-3-12(2,14)11(13)9-10-7-5-4-6-8-10/h4-8,14H,3,9H2,1-2H3. The zero-order valence-electron chi connectivity index (χ0n) is 8.66. The Hall–Kier alpha value is -1.15. The Morgan fingerprint density at radius 2 is 1.93 bits per heavy atom. The average molecular weight is 192 g/mol. The van der Waals surface area contributed by atoms with Gasteiger partial charge in [-0.05, 0) is 18.9 Å². The van der Waals surface area contributed by atoms with Gasteiger partial charge in [0.2, 0.25) is 0 Å². The van der Waals surface area contributed by atoms with Gasteiger partial charge >= 0.3 is 0 Å². The van der Waals surface area contributed by atoms with Crippen LogP contribution in [-0.2, 0) is 11.2 Å². The quantitative estimate of drug-likeness (QED) is 0.791. The molecule has 0 saturated heterocycles. The first-order valence-corrected chi connectivity index (χ1v) is 4.86. The van der Waals surface area contributed by atoms with E-state index in [1.807, 2.05) is 37.3 Å². The first-order chi connectivity index (χ1) is 6.56. The lowest BCUT2D eigenvalue weighted by Crippen LogP contribution is -2.35. The van der Waals surface area contributed by atoms with E-state index in [-0.39, 0.29) is 5.78 Å². The van der Waals surface area contributed by atoms with Crippen molar-refractivity contribution in [3.05, 3.63) is 35.9 Å². The zero-order valence-corrected chi connectivity index (χ0v) is 8.66. The van der Waals surface area contributed by atoms with Gasteiger partial charge in [0.05, 0.1) is 0 Å². The van der Waals surface area contributed by atoms with Crippen molar-refractivity contribution >= 4 is 5.78 Å². The fraction of sp³-hybridized carbons (Fsp3) is 0.417. The van der Waals surface area contributed by atoms with Gasteiger partial charge in [-0.2, -0.15) is 0 Å². The Labute approximate surface area is 84.6 Å². The summed E-state index contributed by atoms with van der Waals surface area (Å²) in [5.41, 5.74) is -0.234. The summed E-state index contributed by atoms with van der Waals surface area (Å²) in [7, 11) is 0. The van der Waals surface area contributed by atoms with E-state index >= 15 is 0 Å². The molecule has 0 aliphatic rings. The number of ketones is 1. The smallest absolute Gasteiger partial charge is 0.168 e. The van der Waals surface area contributed by atoms with Gasteiger partial charge in [0.15, 0.2) is 5.78 Å². The monoisotopic (exact) mass is 192 g/mol. The highest BCUT2D eigenvalue weighted by atomic mass is 16.3. The van der Waals surface area contributed by atoms with Crippen LogP contribution in [0.3, 0.4) is 0 Å². The number of benzene rings is 1. The number of carbonyl (C=O) groups excluding carboxylic acids is 1. The van der Waals surface area contributed by atoms with E-state index in [4.69, 9.17) is 0 Å². The Morgan fingerprint density at radius 1 is 1.36 bits per heavy atom. The topological polar surface area (TPSA) is 37.3 Å². The minimum absolute atomic E-state index is 0.119. The van der Waals surface area contributed by atoms with Crippen molar-refractivity contribution in [2.75, 3.05) is 0 Å². The van der Waals surface area contributed by atoms with Crippen LogP contribution in [0.4, 0.5) is 0 Å². The summed E-state index contributed by atoms with van der Waals surface area (Å²) >= 11 is 0. The molecule has 1 rings (SSSR count). The summed E-state index contributed by atoms with van der Waals surface area (Å²) in [4.78, 5) is 11.6. The second-order valence-electron chi connectivity index (χ2n) is 3.71. The molecule has 0 aromatic heterocycles. The Morgan fingerprint density at radius 3 is 2.43 bits per heavy atom. The van der Waals surface area contributed by atoms with Crippen LogP contribution in [0.25, 0.3) is 0 Å². The Kier molecular flexibility index (Phi) is 3.42. The fourth-order valence-corrected chi connectivity index (χ4v) is 1.17. The van der Waals surface area contributed by atoms with Gasteiger partial charge in [-0.3, -0.25) is 4.79 Å². The molecule has 0 amide bonds. The Balaban J connectivity index is 2.67. The van der Waals surface area contributed by atoms with E-state index in [1.165, 1.54) is 0 Å².